The van der Waals surface area contributed by atoms with Crippen molar-refractivity contribution in [3.05, 3.63) is 58.1 Å². The molecule has 11 nitrogen and oxygen atoms in total. The lowest BCUT2D eigenvalue weighted by atomic mass is 10.00. The molecule has 2 aromatic carbocycles. The number of hydrogen-bond donors (Lipinski definition) is 4. The van der Waals surface area contributed by atoms with Crippen LogP contribution in [0.1, 0.15) is 42.4 Å². The minimum atomic E-state index is -4.74. The van der Waals surface area contributed by atoms with E-state index in [0.717, 1.165) is 49.7 Å². The lowest BCUT2D eigenvalue weighted by Crippen LogP contribution is -2.59. The van der Waals surface area contributed by atoms with Gasteiger partial charge in [-0.2, -0.15) is 13.2 Å². The zero-order chi connectivity index (χ0) is 34.7. The van der Waals surface area contributed by atoms with Crippen molar-refractivity contribution in [1.82, 2.24) is 30.2 Å². The first-order chi connectivity index (χ1) is 23.5. The zero-order valence-corrected chi connectivity index (χ0v) is 28.2. The summed E-state index contributed by atoms with van der Waals surface area (Å²) in [5.74, 6) is -0.351. The van der Waals surface area contributed by atoms with Crippen molar-refractivity contribution < 1.29 is 27.6 Å². The fourth-order valence-corrected chi connectivity index (χ4v) is 7.76. The number of piperazine rings is 1. The molecule has 49 heavy (non-hydrogen) atoms. The highest BCUT2D eigenvalue weighted by Crippen LogP contribution is 2.38. The van der Waals surface area contributed by atoms with E-state index in [1.807, 2.05) is 29.2 Å². The van der Waals surface area contributed by atoms with Crippen molar-refractivity contribution >= 4 is 40.9 Å². The summed E-state index contributed by atoms with van der Waals surface area (Å²) in [6, 6.07) is 8.57. The monoisotopic (exact) mass is 704 g/mol. The maximum absolute atomic E-state index is 14.0. The number of nitrogens with one attached hydrogen (secondary N) is 3. The Morgan fingerprint density at radius 3 is 2.33 bits per heavy atom. The summed E-state index contributed by atoms with van der Waals surface area (Å²) < 4.78 is 41.4. The second-order valence-corrected chi connectivity index (χ2v) is 13.7. The van der Waals surface area contributed by atoms with Crippen LogP contribution < -0.4 is 21.7 Å². The number of benzene rings is 2. The number of nitrogens with zero attached hydrogens (tertiary/aromatic N) is 4. The van der Waals surface area contributed by atoms with Crippen LogP contribution in [0.4, 0.5) is 34.1 Å². The molecule has 0 aliphatic carbocycles. The summed E-state index contributed by atoms with van der Waals surface area (Å²) in [6.07, 6.45) is -1.02. The van der Waals surface area contributed by atoms with E-state index in [2.05, 4.69) is 20.9 Å². The first kappa shape index (κ1) is 35.1. The van der Waals surface area contributed by atoms with Crippen LogP contribution >= 0.6 is 11.6 Å². The second-order valence-electron chi connectivity index (χ2n) is 13.3. The molecule has 5 N–H and O–H groups in total. The molecule has 5 amide bonds. The van der Waals surface area contributed by atoms with E-state index in [9.17, 15) is 27.6 Å². The largest absolute Gasteiger partial charge is 0.418 e. The summed E-state index contributed by atoms with van der Waals surface area (Å²) in [4.78, 5) is 48.2. The Hall–Kier alpha value is -3.75. The molecular formula is C34H44ClF3N8O3. The van der Waals surface area contributed by atoms with Gasteiger partial charge in [0, 0.05) is 70.0 Å². The average Bonchev–Trinajstić information content (AvgIpc) is 3.27. The van der Waals surface area contributed by atoms with E-state index in [0.29, 0.717) is 64.7 Å². The van der Waals surface area contributed by atoms with Gasteiger partial charge in [-0.1, -0.05) is 29.8 Å². The van der Waals surface area contributed by atoms with E-state index in [1.54, 1.807) is 9.80 Å². The number of halogens is 4. The Morgan fingerprint density at radius 2 is 1.63 bits per heavy atom. The zero-order valence-electron chi connectivity index (χ0n) is 27.4. The summed E-state index contributed by atoms with van der Waals surface area (Å²) >= 11 is 6.12. The molecule has 4 aliphatic rings. The number of nitrogen functional groups attached to an aromatic ring is 1. The number of alkyl halides is 3. The third-order valence-electron chi connectivity index (χ3n) is 10.3. The van der Waals surface area contributed by atoms with Crippen LogP contribution in [0.3, 0.4) is 0 Å². The van der Waals surface area contributed by atoms with Gasteiger partial charge in [0.2, 0.25) is 5.91 Å². The molecule has 3 saturated heterocycles. The standard InChI is InChI=1S/C34H44ClF3N8O3/c35-27-20-22(19-26(30(27)39)34(36,37)38)21-29(31(47)44-17-15-43(16-18-44)24-5-10-40-11-6-24)42-32(48)45-12-8-25(9-13-45)46-14-7-23-3-1-2-4-28(23)41-33(46)49/h1-4,19-20,24-25,29,40H,5-18,21,39H2,(H,41,49)(H,42,48)/t29-/m1/s1. The van der Waals surface area contributed by atoms with Gasteiger partial charge in [-0.15, -0.1) is 0 Å². The van der Waals surface area contributed by atoms with Crippen LogP contribution in [0, 0.1) is 0 Å². The minimum absolute atomic E-state index is 0.0651. The molecule has 0 saturated carbocycles. The number of carbonyl (C=O) groups is 3. The molecule has 266 valence electrons. The number of nitrogens with two attached hydrogens (primary N) is 1. The lowest BCUT2D eigenvalue weighted by molar-refractivity contribution is -0.137. The second kappa shape index (κ2) is 15.0. The number of amides is 5. The van der Waals surface area contributed by atoms with Gasteiger partial charge < -0.3 is 36.4 Å². The number of piperidine rings is 2. The molecule has 4 heterocycles. The fraction of sp³-hybridized carbons (Fsp3) is 0.559. The Balaban J connectivity index is 1.12. The van der Waals surface area contributed by atoms with Gasteiger partial charge in [0.05, 0.1) is 16.3 Å². The Kier molecular flexibility index (Phi) is 10.8. The normalized spacial score (nSPS) is 20.7. The number of carbonyl (C=O) groups excluding carboxylic acids is 3. The number of likely N-dealkylation sites (tertiary alicyclic amines) is 1. The van der Waals surface area contributed by atoms with Crippen LogP contribution in [-0.2, 0) is 23.8 Å². The number of para-hydroxylation sites is 1. The quantitative estimate of drug-likeness (QED) is 0.337. The average molecular weight is 705 g/mol. The first-order valence-electron chi connectivity index (χ1n) is 17.1. The minimum Gasteiger partial charge on any atom is -0.397 e. The Labute approximate surface area is 289 Å². The number of hydrogen-bond acceptors (Lipinski definition) is 6. The molecule has 0 aromatic heterocycles. The van der Waals surface area contributed by atoms with E-state index in [1.165, 1.54) is 6.07 Å². The molecule has 2 aromatic rings. The Bertz CT molecular complexity index is 1520. The number of rotatable bonds is 6. The van der Waals surface area contributed by atoms with Crippen molar-refractivity contribution in [2.24, 2.45) is 0 Å². The summed E-state index contributed by atoms with van der Waals surface area (Å²) in [5.41, 5.74) is 6.03. The third-order valence-corrected chi connectivity index (χ3v) is 10.6. The lowest BCUT2D eigenvalue weighted by Gasteiger charge is -2.42. The van der Waals surface area contributed by atoms with Gasteiger partial charge in [0.1, 0.15) is 6.04 Å². The predicted molar refractivity (Wildman–Crippen MR) is 181 cm³/mol. The molecule has 0 bridgehead atoms. The molecule has 3 fully saturated rings. The maximum Gasteiger partial charge on any atom is 0.418 e. The summed E-state index contributed by atoms with van der Waals surface area (Å²) in [7, 11) is 0. The van der Waals surface area contributed by atoms with E-state index < -0.39 is 29.5 Å². The van der Waals surface area contributed by atoms with Gasteiger partial charge in [-0.3, -0.25) is 9.69 Å². The van der Waals surface area contributed by atoms with Crippen LogP contribution in [-0.4, -0.2) is 115 Å². The predicted octanol–water partition coefficient (Wildman–Crippen LogP) is 4.01. The molecule has 6 rings (SSSR count). The van der Waals surface area contributed by atoms with E-state index >= 15 is 0 Å². The van der Waals surface area contributed by atoms with Crippen molar-refractivity contribution in [1.29, 1.82) is 0 Å². The van der Waals surface area contributed by atoms with E-state index in [4.69, 9.17) is 17.3 Å². The number of urea groups is 2. The number of anilines is 2. The summed E-state index contributed by atoms with van der Waals surface area (Å²) in [5, 5.41) is 8.95. The summed E-state index contributed by atoms with van der Waals surface area (Å²) in [6.45, 7) is 5.47. The molecule has 15 heteroatoms. The van der Waals surface area contributed by atoms with Crippen molar-refractivity contribution in [2.45, 2.75) is 62.8 Å². The van der Waals surface area contributed by atoms with Gasteiger partial charge in [0.15, 0.2) is 0 Å². The van der Waals surface area contributed by atoms with E-state index in [-0.39, 0.29) is 35.0 Å². The molecule has 0 spiro atoms. The van der Waals surface area contributed by atoms with Crippen molar-refractivity contribution in [3.63, 3.8) is 0 Å². The highest BCUT2D eigenvalue weighted by Gasteiger charge is 2.37. The molecule has 1 atom stereocenters. The van der Waals surface area contributed by atoms with Gasteiger partial charge in [0.25, 0.3) is 0 Å². The molecule has 0 radical (unpaired) electrons. The molecular weight excluding hydrogens is 661 g/mol. The maximum atomic E-state index is 14.0. The van der Waals surface area contributed by atoms with Crippen LogP contribution in [0.2, 0.25) is 5.02 Å². The fourth-order valence-electron chi connectivity index (χ4n) is 7.52. The molecule has 0 unspecified atom stereocenters. The van der Waals surface area contributed by atoms with Crippen LogP contribution in [0.25, 0.3) is 0 Å². The smallest absolute Gasteiger partial charge is 0.397 e. The third kappa shape index (κ3) is 8.18. The first-order valence-corrected chi connectivity index (χ1v) is 17.5. The SMILES string of the molecule is Nc1c(Cl)cc(C[C@@H](NC(=O)N2CCC(N3CCc4ccccc4NC3=O)CC2)C(=O)N2CCN(C3CCNCC3)CC2)cc1C(F)(F)F. The molecule has 4 aliphatic heterocycles. The van der Waals surface area contributed by atoms with Crippen LogP contribution in [0.15, 0.2) is 36.4 Å². The van der Waals surface area contributed by atoms with Crippen LogP contribution in [0.5, 0.6) is 0 Å². The highest BCUT2D eigenvalue weighted by atomic mass is 35.5. The van der Waals surface area contributed by atoms with Crippen molar-refractivity contribution in [2.75, 3.05) is 70.0 Å². The van der Waals surface area contributed by atoms with Gasteiger partial charge in [-0.25, -0.2) is 9.59 Å². The topological polar surface area (TPSA) is 126 Å². The van der Waals surface area contributed by atoms with Crippen molar-refractivity contribution in [3.8, 4) is 0 Å². The van der Waals surface area contributed by atoms with Gasteiger partial charge in [-0.05, 0) is 74.5 Å². The van der Waals surface area contributed by atoms with Gasteiger partial charge >= 0.3 is 18.2 Å². The highest BCUT2D eigenvalue weighted by molar-refractivity contribution is 6.33. The Morgan fingerprint density at radius 1 is 0.939 bits per heavy atom. The number of fused-ring (bicyclic) bond motifs is 1.